The van der Waals surface area contributed by atoms with Gasteiger partial charge in [-0.15, -0.1) is 40.1 Å². The van der Waals surface area contributed by atoms with Crippen molar-refractivity contribution in [1.82, 2.24) is 4.98 Å². The summed E-state index contributed by atoms with van der Waals surface area (Å²) in [4.78, 5) is 5.41. The van der Waals surface area contributed by atoms with Gasteiger partial charge in [-0.2, -0.15) is 0 Å². The molecule has 24 heavy (non-hydrogen) atoms. The Kier molecular flexibility index (Phi) is 6.56. The van der Waals surface area contributed by atoms with Gasteiger partial charge in [-0.1, -0.05) is 24.8 Å². The Labute approximate surface area is 163 Å². The van der Waals surface area contributed by atoms with E-state index in [4.69, 9.17) is 17.0 Å². The third kappa shape index (κ3) is 4.05. The van der Waals surface area contributed by atoms with Crippen molar-refractivity contribution in [3.8, 4) is 0 Å². The number of methoxy groups -OCH3 is 1. The SMILES string of the molecule is Br.C=C1SC(C(=S)OC)C=C1c1csc(Nc2ccccc2F)n1. The first-order valence-corrected chi connectivity index (χ1v) is 8.88. The summed E-state index contributed by atoms with van der Waals surface area (Å²) in [6, 6.07) is 6.50. The Morgan fingerprint density at radius 3 is 2.88 bits per heavy atom. The highest BCUT2D eigenvalue weighted by molar-refractivity contribution is 8.93. The third-order valence-corrected chi connectivity index (χ3v) is 5.65. The second-order valence-electron chi connectivity index (χ2n) is 4.71. The number of rotatable bonds is 4. The van der Waals surface area contributed by atoms with Gasteiger partial charge >= 0.3 is 0 Å². The van der Waals surface area contributed by atoms with Crippen LogP contribution in [-0.2, 0) is 4.74 Å². The molecule has 0 radical (unpaired) electrons. The van der Waals surface area contributed by atoms with E-state index in [0.29, 0.717) is 15.9 Å². The summed E-state index contributed by atoms with van der Waals surface area (Å²) in [6.07, 6.45) is 2.00. The van der Waals surface area contributed by atoms with Crippen LogP contribution in [0.2, 0.25) is 0 Å². The molecular formula is C16H14BrFN2OS3. The molecule has 8 heteroatoms. The molecule has 1 aliphatic rings. The first-order valence-electron chi connectivity index (χ1n) is 6.71. The lowest BCUT2D eigenvalue weighted by atomic mass is 10.1. The summed E-state index contributed by atoms with van der Waals surface area (Å²) in [5, 5.41) is 6.03. The summed E-state index contributed by atoms with van der Waals surface area (Å²) in [6.45, 7) is 4.05. The summed E-state index contributed by atoms with van der Waals surface area (Å²) >= 11 is 8.14. The van der Waals surface area contributed by atoms with Crippen LogP contribution < -0.4 is 5.32 Å². The molecule has 0 spiro atoms. The molecule has 1 aromatic carbocycles. The van der Waals surface area contributed by atoms with E-state index in [2.05, 4.69) is 16.9 Å². The monoisotopic (exact) mass is 444 g/mol. The fraction of sp³-hybridized carbons (Fsp3) is 0.125. The number of nitrogens with zero attached hydrogens (tertiary/aromatic N) is 1. The van der Waals surface area contributed by atoms with E-state index in [-0.39, 0.29) is 28.0 Å². The molecule has 1 atom stereocenters. The zero-order valence-corrected chi connectivity index (χ0v) is 16.8. The highest BCUT2D eigenvalue weighted by Gasteiger charge is 2.26. The molecule has 3 nitrogen and oxygen atoms in total. The Balaban J connectivity index is 0.00000208. The minimum atomic E-state index is -0.310. The average molecular weight is 445 g/mol. The van der Waals surface area contributed by atoms with Crippen LogP contribution in [0.5, 0.6) is 0 Å². The van der Waals surface area contributed by atoms with Gasteiger partial charge in [0.2, 0.25) is 0 Å². The van der Waals surface area contributed by atoms with Gasteiger partial charge in [0.1, 0.15) is 5.82 Å². The largest absolute Gasteiger partial charge is 0.489 e. The molecule has 1 aliphatic heterocycles. The van der Waals surface area contributed by atoms with Crippen LogP contribution in [-0.4, -0.2) is 22.4 Å². The van der Waals surface area contributed by atoms with Crippen molar-refractivity contribution in [3.05, 3.63) is 58.7 Å². The minimum Gasteiger partial charge on any atom is -0.489 e. The van der Waals surface area contributed by atoms with Gasteiger partial charge in [0, 0.05) is 15.9 Å². The van der Waals surface area contributed by atoms with Crippen LogP contribution in [0.4, 0.5) is 15.2 Å². The van der Waals surface area contributed by atoms with Crippen LogP contribution in [0.3, 0.4) is 0 Å². The first-order chi connectivity index (χ1) is 11.1. The number of thiocarbonyl (C=S) groups is 1. The maximum absolute atomic E-state index is 13.7. The number of anilines is 2. The summed E-state index contributed by atoms with van der Waals surface area (Å²) < 4.78 is 18.8. The lowest BCUT2D eigenvalue weighted by Gasteiger charge is -2.06. The maximum Gasteiger partial charge on any atom is 0.187 e. The van der Waals surface area contributed by atoms with Crippen LogP contribution >= 0.6 is 52.3 Å². The lowest BCUT2D eigenvalue weighted by Crippen LogP contribution is -2.11. The second kappa shape index (κ2) is 8.24. The Morgan fingerprint density at radius 2 is 2.17 bits per heavy atom. The molecule has 1 N–H and O–H groups in total. The molecule has 2 aromatic rings. The predicted octanol–water partition coefficient (Wildman–Crippen LogP) is 5.59. The van der Waals surface area contributed by atoms with Crippen molar-refractivity contribution in [3.63, 3.8) is 0 Å². The normalized spacial score (nSPS) is 16.3. The van der Waals surface area contributed by atoms with Gasteiger partial charge < -0.3 is 10.1 Å². The van der Waals surface area contributed by atoms with Crippen LogP contribution in [0.1, 0.15) is 5.69 Å². The number of benzene rings is 1. The lowest BCUT2D eigenvalue weighted by molar-refractivity contribution is 0.408. The fourth-order valence-corrected chi connectivity index (χ4v) is 4.03. The van der Waals surface area contributed by atoms with Gasteiger partial charge in [-0.25, -0.2) is 9.37 Å². The third-order valence-electron chi connectivity index (χ3n) is 3.22. The number of thioether (sulfide) groups is 1. The van der Waals surface area contributed by atoms with Gasteiger partial charge in [0.25, 0.3) is 0 Å². The molecule has 0 aliphatic carbocycles. The number of hydrogen-bond donors (Lipinski definition) is 1. The number of ether oxygens (including phenoxy) is 1. The number of aromatic nitrogens is 1. The standard InChI is InChI=1S/C16H13FN2OS3.BrH/c1-9-10(7-14(23-9)15(21)20-2)13-8-22-16(19-13)18-12-6-4-3-5-11(12)17;/h3-8,14H,1H2,2H3,(H,18,19);1H. The van der Waals surface area contributed by atoms with E-state index >= 15 is 0 Å². The van der Waals surface area contributed by atoms with E-state index < -0.39 is 0 Å². The molecule has 3 rings (SSSR count). The molecule has 1 unspecified atom stereocenters. The minimum absolute atomic E-state index is 0. The zero-order valence-electron chi connectivity index (χ0n) is 12.6. The molecule has 2 heterocycles. The smallest absolute Gasteiger partial charge is 0.187 e. The van der Waals surface area contributed by atoms with Crippen molar-refractivity contribution in [1.29, 1.82) is 0 Å². The predicted molar refractivity (Wildman–Crippen MR) is 110 cm³/mol. The molecule has 0 amide bonds. The van der Waals surface area contributed by atoms with E-state index in [9.17, 15) is 4.39 Å². The molecular weight excluding hydrogens is 431 g/mol. The van der Waals surface area contributed by atoms with Crippen molar-refractivity contribution >= 4 is 73.7 Å². The Morgan fingerprint density at radius 1 is 1.42 bits per heavy atom. The molecule has 0 saturated carbocycles. The summed E-state index contributed by atoms with van der Waals surface area (Å²) in [5.41, 5.74) is 2.14. The van der Waals surface area contributed by atoms with Gasteiger partial charge in [-0.05, 0) is 24.4 Å². The number of nitrogens with one attached hydrogen (secondary N) is 1. The second-order valence-corrected chi connectivity index (χ2v) is 7.20. The van der Waals surface area contributed by atoms with Crippen molar-refractivity contribution in [2.24, 2.45) is 0 Å². The maximum atomic E-state index is 13.7. The summed E-state index contributed by atoms with van der Waals surface area (Å²) in [5.74, 6) is -0.310. The number of allylic oxidation sites excluding steroid dienone is 1. The topological polar surface area (TPSA) is 34.1 Å². The number of hydrogen-bond acceptors (Lipinski definition) is 6. The number of thiazole rings is 1. The number of halogens is 2. The average Bonchev–Trinajstić information content (AvgIpc) is 3.15. The molecule has 1 aromatic heterocycles. The highest BCUT2D eigenvalue weighted by Crippen LogP contribution is 2.42. The molecule has 0 bridgehead atoms. The number of para-hydroxylation sites is 1. The van der Waals surface area contributed by atoms with E-state index in [0.717, 1.165) is 16.2 Å². The van der Waals surface area contributed by atoms with Gasteiger partial charge in [0.15, 0.2) is 10.2 Å². The molecule has 0 saturated heterocycles. The van der Waals surface area contributed by atoms with Crippen molar-refractivity contribution in [2.75, 3.05) is 12.4 Å². The quantitative estimate of drug-likeness (QED) is 0.621. The molecule has 126 valence electrons. The summed E-state index contributed by atoms with van der Waals surface area (Å²) in [7, 11) is 1.57. The van der Waals surface area contributed by atoms with Crippen LogP contribution in [0.25, 0.3) is 5.57 Å². The zero-order chi connectivity index (χ0) is 16.4. The van der Waals surface area contributed by atoms with Crippen LogP contribution in [0.15, 0.2) is 47.2 Å². The van der Waals surface area contributed by atoms with Gasteiger partial charge in [0.05, 0.1) is 23.7 Å². The Bertz CT molecular complexity index is 806. The van der Waals surface area contributed by atoms with E-state index in [1.165, 1.54) is 17.4 Å². The Hall–Kier alpha value is -1.22. The highest BCUT2D eigenvalue weighted by atomic mass is 79.9. The van der Waals surface area contributed by atoms with Gasteiger partial charge in [-0.3, -0.25) is 0 Å². The van der Waals surface area contributed by atoms with E-state index in [1.807, 2.05) is 11.5 Å². The van der Waals surface area contributed by atoms with Crippen molar-refractivity contribution < 1.29 is 9.13 Å². The van der Waals surface area contributed by atoms with Crippen LogP contribution in [0, 0.1) is 5.82 Å². The van der Waals surface area contributed by atoms with E-state index in [1.54, 1.807) is 37.1 Å². The first kappa shape index (κ1) is 19.1. The van der Waals surface area contributed by atoms with Crippen molar-refractivity contribution in [2.45, 2.75) is 5.25 Å². The molecule has 0 fully saturated rings. The fourth-order valence-electron chi connectivity index (χ4n) is 2.09.